The zero-order chi connectivity index (χ0) is 31.2. The first-order valence-electron chi connectivity index (χ1n) is 15.3. The first kappa shape index (κ1) is 42.0. The van der Waals surface area contributed by atoms with Gasteiger partial charge in [0.1, 0.15) is 6.61 Å². The Kier molecular flexibility index (Phi) is 38.1. The summed E-state index contributed by atoms with van der Waals surface area (Å²) < 4.78 is 69.4. The molecule has 0 aliphatic heterocycles. The van der Waals surface area contributed by atoms with Crippen LogP contribution in [-0.2, 0) is 66.4 Å². The maximum Gasteiger partial charge on any atom is 0.305 e. The fourth-order valence-corrected chi connectivity index (χ4v) is 2.93. The quantitative estimate of drug-likeness (QED) is 0.0713. The highest BCUT2D eigenvalue weighted by atomic mass is 16.6. The Balaban J connectivity index is 3.05. The van der Waals surface area contributed by atoms with Crippen molar-refractivity contribution in [1.82, 2.24) is 0 Å². The highest BCUT2D eigenvalue weighted by Gasteiger charge is 2.00. The van der Waals surface area contributed by atoms with Crippen LogP contribution < -0.4 is 0 Å². The Labute approximate surface area is 258 Å². The molecule has 0 rings (SSSR count). The van der Waals surface area contributed by atoms with Gasteiger partial charge < -0.3 is 61.6 Å². The van der Waals surface area contributed by atoms with E-state index in [2.05, 4.69) is 0 Å². The third kappa shape index (κ3) is 39.0. The van der Waals surface area contributed by atoms with E-state index in [1.807, 2.05) is 6.92 Å². The summed E-state index contributed by atoms with van der Waals surface area (Å²) in [6, 6.07) is 0. The molecule has 258 valence electrons. The number of hydrogen-bond donors (Lipinski definition) is 0. The van der Waals surface area contributed by atoms with Crippen LogP contribution >= 0.6 is 0 Å². The van der Waals surface area contributed by atoms with Gasteiger partial charge in [-0.1, -0.05) is 6.92 Å². The second-order valence-corrected chi connectivity index (χ2v) is 8.70. The minimum absolute atomic E-state index is 0.188. The molecule has 0 fully saturated rings. The van der Waals surface area contributed by atoms with E-state index >= 15 is 0 Å². The average molecular weight is 631 g/mol. The van der Waals surface area contributed by atoms with Gasteiger partial charge in [0.25, 0.3) is 0 Å². The van der Waals surface area contributed by atoms with Crippen LogP contribution in [0.1, 0.15) is 19.8 Å². The molecule has 0 radical (unpaired) electrons. The summed E-state index contributed by atoms with van der Waals surface area (Å²) in [4.78, 5) is 11.2. The standard InChI is InChI=1S/C29H58O14/c1-3-4-29(30)43-28-27-42-26-25-41-24-23-40-22-21-39-20-19-38-18-17-37-16-15-36-14-13-35-12-11-34-10-9-33-8-7-32-6-5-31-2/h3-28H2,1-2H3. The summed E-state index contributed by atoms with van der Waals surface area (Å²) in [5.41, 5.74) is 0. The number of ether oxygens (including phenoxy) is 13. The molecular weight excluding hydrogens is 572 g/mol. The summed E-state index contributed by atoms with van der Waals surface area (Å²) in [5, 5.41) is 0. The lowest BCUT2D eigenvalue weighted by atomic mass is 10.3. The van der Waals surface area contributed by atoms with Gasteiger partial charge >= 0.3 is 5.97 Å². The van der Waals surface area contributed by atoms with Gasteiger partial charge in [-0.25, -0.2) is 0 Å². The van der Waals surface area contributed by atoms with Gasteiger partial charge in [-0.05, 0) is 6.42 Å². The molecule has 0 saturated heterocycles. The van der Waals surface area contributed by atoms with E-state index in [4.69, 9.17) is 61.6 Å². The van der Waals surface area contributed by atoms with Crippen LogP contribution in [0.4, 0.5) is 0 Å². The Morgan fingerprint density at radius 2 is 0.558 bits per heavy atom. The highest BCUT2D eigenvalue weighted by molar-refractivity contribution is 5.69. The van der Waals surface area contributed by atoms with Crippen LogP contribution in [0.2, 0.25) is 0 Å². The van der Waals surface area contributed by atoms with Crippen LogP contribution in [0.3, 0.4) is 0 Å². The molecule has 0 aliphatic carbocycles. The molecule has 0 atom stereocenters. The van der Waals surface area contributed by atoms with Crippen molar-refractivity contribution in [3.05, 3.63) is 0 Å². The first-order valence-corrected chi connectivity index (χ1v) is 15.3. The van der Waals surface area contributed by atoms with Crippen molar-refractivity contribution in [1.29, 1.82) is 0 Å². The lowest BCUT2D eigenvalue weighted by Crippen LogP contribution is -2.15. The fourth-order valence-electron chi connectivity index (χ4n) is 2.93. The van der Waals surface area contributed by atoms with Crippen molar-refractivity contribution in [2.24, 2.45) is 0 Å². The Hall–Kier alpha value is -1.01. The normalized spacial score (nSPS) is 11.4. The molecule has 0 unspecified atom stereocenters. The van der Waals surface area contributed by atoms with E-state index in [-0.39, 0.29) is 12.6 Å². The lowest BCUT2D eigenvalue weighted by Gasteiger charge is -2.09. The van der Waals surface area contributed by atoms with Crippen LogP contribution in [0.15, 0.2) is 0 Å². The Morgan fingerprint density at radius 3 is 0.767 bits per heavy atom. The number of rotatable bonds is 38. The molecule has 0 aromatic carbocycles. The topological polar surface area (TPSA) is 137 Å². The summed E-state index contributed by atoms with van der Waals surface area (Å²) >= 11 is 0. The number of methoxy groups -OCH3 is 1. The highest BCUT2D eigenvalue weighted by Crippen LogP contribution is 1.91. The van der Waals surface area contributed by atoms with E-state index in [0.717, 1.165) is 6.42 Å². The molecule has 0 aromatic rings. The molecule has 0 amide bonds. The SMILES string of the molecule is CCCC(=O)OCCOCCOCCOCCOCCOCCOCCOCCOCCOCCOCCOCCOC. The molecule has 0 spiro atoms. The Bertz CT molecular complexity index is 529. The smallest absolute Gasteiger partial charge is 0.305 e. The maximum atomic E-state index is 11.2. The minimum atomic E-state index is -0.188. The van der Waals surface area contributed by atoms with E-state index in [0.29, 0.717) is 158 Å². The monoisotopic (exact) mass is 630 g/mol. The fraction of sp³-hybridized carbons (Fsp3) is 0.966. The molecule has 0 aliphatic rings. The lowest BCUT2D eigenvalue weighted by molar-refractivity contribution is -0.145. The van der Waals surface area contributed by atoms with Gasteiger partial charge in [0.15, 0.2) is 0 Å². The number of hydrogen-bond acceptors (Lipinski definition) is 14. The molecule has 0 aromatic heterocycles. The third-order valence-corrected chi connectivity index (χ3v) is 5.10. The van der Waals surface area contributed by atoms with Crippen molar-refractivity contribution < 1.29 is 66.4 Å². The van der Waals surface area contributed by atoms with Crippen LogP contribution in [0, 0.1) is 0 Å². The predicted octanol–water partition coefficient (Wildman–Crippen LogP) is 1.16. The molecule has 14 nitrogen and oxygen atoms in total. The van der Waals surface area contributed by atoms with Crippen LogP contribution in [-0.4, -0.2) is 172 Å². The molecule has 0 saturated carbocycles. The predicted molar refractivity (Wildman–Crippen MR) is 157 cm³/mol. The second kappa shape index (κ2) is 39.0. The van der Waals surface area contributed by atoms with Crippen LogP contribution in [0.5, 0.6) is 0 Å². The zero-order valence-electron chi connectivity index (χ0n) is 26.6. The summed E-state index contributed by atoms with van der Waals surface area (Å²) in [5.74, 6) is -0.188. The van der Waals surface area contributed by atoms with Crippen molar-refractivity contribution in [3.63, 3.8) is 0 Å². The molecule has 0 bridgehead atoms. The summed E-state index contributed by atoms with van der Waals surface area (Å²) in [7, 11) is 1.64. The van der Waals surface area contributed by atoms with Crippen molar-refractivity contribution in [2.45, 2.75) is 19.8 Å². The number of carbonyl (C=O) groups is 1. The molecular formula is C29H58O14. The number of esters is 1. The van der Waals surface area contributed by atoms with Crippen LogP contribution in [0.25, 0.3) is 0 Å². The molecule has 14 heteroatoms. The van der Waals surface area contributed by atoms with Gasteiger partial charge in [-0.3, -0.25) is 4.79 Å². The second-order valence-electron chi connectivity index (χ2n) is 8.70. The van der Waals surface area contributed by atoms with E-state index < -0.39 is 0 Å². The van der Waals surface area contributed by atoms with Gasteiger partial charge in [0.2, 0.25) is 0 Å². The maximum absolute atomic E-state index is 11.2. The molecule has 43 heavy (non-hydrogen) atoms. The van der Waals surface area contributed by atoms with Gasteiger partial charge in [0, 0.05) is 13.5 Å². The van der Waals surface area contributed by atoms with Gasteiger partial charge in [0.05, 0.1) is 152 Å². The van der Waals surface area contributed by atoms with E-state index in [1.165, 1.54) is 0 Å². The van der Waals surface area contributed by atoms with E-state index in [9.17, 15) is 4.79 Å². The van der Waals surface area contributed by atoms with Crippen molar-refractivity contribution in [2.75, 3.05) is 166 Å². The summed E-state index contributed by atoms with van der Waals surface area (Å²) in [6.07, 6.45) is 1.23. The van der Waals surface area contributed by atoms with E-state index in [1.54, 1.807) is 7.11 Å². The minimum Gasteiger partial charge on any atom is -0.463 e. The van der Waals surface area contributed by atoms with Crippen molar-refractivity contribution in [3.8, 4) is 0 Å². The first-order chi connectivity index (χ1) is 21.3. The van der Waals surface area contributed by atoms with Gasteiger partial charge in [-0.2, -0.15) is 0 Å². The third-order valence-electron chi connectivity index (χ3n) is 5.10. The zero-order valence-corrected chi connectivity index (χ0v) is 26.6. The molecule has 0 heterocycles. The largest absolute Gasteiger partial charge is 0.463 e. The average Bonchev–Trinajstić information content (AvgIpc) is 3.01. The van der Waals surface area contributed by atoms with Crippen molar-refractivity contribution >= 4 is 5.97 Å². The Morgan fingerprint density at radius 1 is 0.349 bits per heavy atom. The molecule has 0 N–H and O–H groups in total. The summed E-state index contributed by atoms with van der Waals surface area (Å²) in [6.45, 7) is 13.9. The van der Waals surface area contributed by atoms with Gasteiger partial charge in [-0.15, -0.1) is 0 Å². The number of carbonyl (C=O) groups excluding carboxylic acids is 1.